The molecule has 0 spiro atoms. The summed E-state index contributed by atoms with van der Waals surface area (Å²) < 4.78 is 27.2. The molecule has 0 aliphatic carbocycles. The number of imidazole rings is 1. The van der Waals surface area contributed by atoms with Crippen molar-refractivity contribution < 1.29 is 8.42 Å². The molecule has 1 N–H and O–H groups in total. The molecule has 0 atom stereocenters. The van der Waals surface area contributed by atoms with Crippen LogP contribution in [0.25, 0.3) is 11.0 Å². The van der Waals surface area contributed by atoms with Gasteiger partial charge in [-0.15, -0.1) is 0 Å². The number of piperazine rings is 1. The van der Waals surface area contributed by atoms with Gasteiger partial charge in [-0.25, -0.2) is 17.4 Å². The first-order valence-corrected chi connectivity index (χ1v) is 9.82. The van der Waals surface area contributed by atoms with Crippen LogP contribution in [0.4, 0.5) is 5.69 Å². The first-order valence-electron chi connectivity index (χ1n) is 8.00. The summed E-state index contributed by atoms with van der Waals surface area (Å²) in [5.74, 6) is 0. The highest BCUT2D eigenvalue weighted by Crippen LogP contribution is 2.28. The third-order valence-electron chi connectivity index (χ3n) is 4.33. The minimum Gasteiger partial charge on any atom is -0.367 e. The van der Waals surface area contributed by atoms with Crippen molar-refractivity contribution in [3.63, 3.8) is 0 Å². The summed E-state index contributed by atoms with van der Waals surface area (Å²) in [7, 11) is -3.75. The zero-order chi connectivity index (χ0) is 17.4. The average Bonchev–Trinajstić information content (AvgIpc) is 3.07. The number of anilines is 1. The van der Waals surface area contributed by atoms with E-state index >= 15 is 0 Å². The van der Waals surface area contributed by atoms with Crippen molar-refractivity contribution in [2.45, 2.75) is 4.90 Å². The van der Waals surface area contributed by atoms with Crippen LogP contribution in [-0.4, -0.2) is 43.6 Å². The lowest BCUT2D eigenvalue weighted by molar-refractivity contribution is 0.588. The van der Waals surface area contributed by atoms with Crippen molar-refractivity contribution in [1.29, 1.82) is 0 Å². The van der Waals surface area contributed by atoms with Crippen molar-refractivity contribution in [2.24, 2.45) is 0 Å². The Morgan fingerprint density at radius 1 is 1.08 bits per heavy atom. The Labute approximate surface area is 151 Å². The van der Waals surface area contributed by atoms with Gasteiger partial charge in [0.15, 0.2) is 0 Å². The molecule has 6 nitrogen and oxygen atoms in total. The first-order chi connectivity index (χ1) is 12.1. The third kappa shape index (κ3) is 2.88. The van der Waals surface area contributed by atoms with E-state index in [4.69, 9.17) is 11.6 Å². The Morgan fingerprint density at radius 3 is 2.60 bits per heavy atom. The minimum atomic E-state index is -3.75. The second kappa shape index (κ2) is 6.33. The van der Waals surface area contributed by atoms with Gasteiger partial charge in [0.25, 0.3) is 10.0 Å². The summed E-state index contributed by atoms with van der Waals surface area (Å²) in [6.07, 6.45) is 1.37. The van der Waals surface area contributed by atoms with Crippen LogP contribution in [-0.2, 0) is 10.0 Å². The molecule has 1 saturated heterocycles. The molecule has 2 heterocycles. The molecule has 1 aliphatic rings. The Balaban J connectivity index is 1.84. The summed E-state index contributed by atoms with van der Waals surface area (Å²) in [5, 5.41) is 3.69. The zero-order valence-electron chi connectivity index (χ0n) is 13.4. The first kappa shape index (κ1) is 16.4. The summed E-state index contributed by atoms with van der Waals surface area (Å²) in [5.41, 5.74) is 2.21. The van der Waals surface area contributed by atoms with Gasteiger partial charge in [0.1, 0.15) is 11.8 Å². The van der Waals surface area contributed by atoms with Crippen LogP contribution < -0.4 is 10.2 Å². The fraction of sp³-hybridized carbons (Fsp3) is 0.235. The van der Waals surface area contributed by atoms with E-state index in [2.05, 4.69) is 15.2 Å². The van der Waals surface area contributed by atoms with Crippen LogP contribution in [0, 0.1) is 0 Å². The van der Waals surface area contributed by atoms with Gasteiger partial charge in [-0.1, -0.05) is 23.7 Å². The molecule has 3 aromatic rings. The second-order valence-corrected chi connectivity index (χ2v) is 8.14. The highest BCUT2D eigenvalue weighted by atomic mass is 35.5. The van der Waals surface area contributed by atoms with Gasteiger partial charge in [-0.3, -0.25) is 0 Å². The topological polar surface area (TPSA) is 67.2 Å². The third-order valence-corrected chi connectivity index (χ3v) is 6.23. The number of para-hydroxylation sites is 1. The molecule has 0 amide bonds. The average molecular weight is 377 g/mol. The van der Waals surface area contributed by atoms with Crippen LogP contribution >= 0.6 is 11.6 Å². The van der Waals surface area contributed by atoms with E-state index in [-0.39, 0.29) is 4.90 Å². The molecule has 1 aliphatic heterocycles. The number of nitrogens with zero attached hydrogens (tertiary/aromatic N) is 3. The molecule has 0 unspecified atom stereocenters. The molecule has 0 saturated carbocycles. The molecule has 130 valence electrons. The van der Waals surface area contributed by atoms with Crippen molar-refractivity contribution in [3.8, 4) is 0 Å². The fourth-order valence-electron chi connectivity index (χ4n) is 3.10. The van der Waals surface area contributed by atoms with Crippen LogP contribution in [0.1, 0.15) is 0 Å². The SMILES string of the molecule is O=S(=O)(c1cccc(Cl)c1)n1cnc2c(N3CCNCC3)cccc21. The van der Waals surface area contributed by atoms with Gasteiger partial charge in [-0.05, 0) is 30.3 Å². The van der Waals surface area contributed by atoms with E-state index < -0.39 is 10.0 Å². The maximum atomic E-state index is 13.0. The number of fused-ring (bicyclic) bond motifs is 1. The largest absolute Gasteiger partial charge is 0.367 e. The Morgan fingerprint density at radius 2 is 1.84 bits per heavy atom. The van der Waals surface area contributed by atoms with E-state index in [0.717, 1.165) is 31.9 Å². The number of benzene rings is 2. The Bertz CT molecular complexity index is 1030. The van der Waals surface area contributed by atoms with Gasteiger partial charge < -0.3 is 10.2 Å². The predicted molar refractivity (Wildman–Crippen MR) is 98.9 cm³/mol. The molecular weight excluding hydrogens is 360 g/mol. The molecule has 0 radical (unpaired) electrons. The lowest BCUT2D eigenvalue weighted by Gasteiger charge is -2.29. The fourth-order valence-corrected chi connectivity index (χ4v) is 4.68. The van der Waals surface area contributed by atoms with E-state index in [1.165, 1.54) is 22.4 Å². The number of hydrogen-bond donors (Lipinski definition) is 1. The number of halogens is 1. The molecule has 1 aromatic heterocycles. The number of nitrogens with one attached hydrogen (secondary N) is 1. The van der Waals surface area contributed by atoms with Crippen LogP contribution in [0.15, 0.2) is 53.7 Å². The molecule has 4 rings (SSSR count). The van der Waals surface area contributed by atoms with E-state index in [1.807, 2.05) is 12.1 Å². The van der Waals surface area contributed by atoms with Crippen molar-refractivity contribution >= 4 is 38.3 Å². The van der Waals surface area contributed by atoms with Gasteiger partial charge in [0, 0.05) is 31.2 Å². The molecule has 0 bridgehead atoms. The maximum absolute atomic E-state index is 13.0. The second-order valence-electron chi connectivity index (χ2n) is 5.88. The van der Waals surface area contributed by atoms with Gasteiger partial charge in [0.05, 0.1) is 16.1 Å². The summed E-state index contributed by atoms with van der Waals surface area (Å²) >= 11 is 5.96. The number of hydrogen-bond acceptors (Lipinski definition) is 5. The lowest BCUT2D eigenvalue weighted by Crippen LogP contribution is -2.43. The van der Waals surface area contributed by atoms with E-state index in [1.54, 1.807) is 18.2 Å². The van der Waals surface area contributed by atoms with Crippen LogP contribution in [0.3, 0.4) is 0 Å². The van der Waals surface area contributed by atoms with Crippen molar-refractivity contribution in [2.75, 3.05) is 31.1 Å². The Hall–Kier alpha value is -2.09. The highest BCUT2D eigenvalue weighted by Gasteiger charge is 2.22. The number of rotatable bonds is 3. The maximum Gasteiger partial charge on any atom is 0.269 e. The highest BCUT2D eigenvalue weighted by molar-refractivity contribution is 7.90. The van der Waals surface area contributed by atoms with Gasteiger partial charge in [0.2, 0.25) is 0 Å². The molecule has 25 heavy (non-hydrogen) atoms. The molecule has 2 aromatic carbocycles. The predicted octanol–water partition coefficient (Wildman–Crippen LogP) is 2.34. The van der Waals surface area contributed by atoms with Crippen LogP contribution in [0.5, 0.6) is 0 Å². The summed E-state index contributed by atoms with van der Waals surface area (Å²) in [6, 6.07) is 11.9. The van der Waals surface area contributed by atoms with Crippen LogP contribution in [0.2, 0.25) is 5.02 Å². The minimum absolute atomic E-state index is 0.145. The summed E-state index contributed by atoms with van der Waals surface area (Å²) in [6.45, 7) is 3.54. The van der Waals surface area contributed by atoms with E-state index in [0.29, 0.717) is 16.1 Å². The van der Waals surface area contributed by atoms with Crippen molar-refractivity contribution in [3.05, 3.63) is 53.8 Å². The normalized spacial score (nSPS) is 15.6. The monoisotopic (exact) mass is 376 g/mol. The molecule has 1 fully saturated rings. The molecular formula is C17H17ClN4O2S. The standard InChI is InChI=1S/C17H17ClN4O2S/c18-13-3-1-4-14(11-13)25(23,24)22-12-20-17-15(5-2-6-16(17)22)21-9-7-19-8-10-21/h1-6,11-12,19H,7-10H2. The summed E-state index contributed by atoms with van der Waals surface area (Å²) in [4.78, 5) is 6.77. The Kier molecular flexibility index (Phi) is 4.15. The zero-order valence-corrected chi connectivity index (χ0v) is 15.0. The van der Waals surface area contributed by atoms with E-state index in [9.17, 15) is 8.42 Å². The van der Waals surface area contributed by atoms with Crippen molar-refractivity contribution in [1.82, 2.24) is 14.3 Å². The van der Waals surface area contributed by atoms with Gasteiger partial charge >= 0.3 is 0 Å². The van der Waals surface area contributed by atoms with Gasteiger partial charge in [-0.2, -0.15) is 0 Å². The number of aromatic nitrogens is 2. The lowest BCUT2D eigenvalue weighted by atomic mass is 10.2. The quantitative estimate of drug-likeness (QED) is 0.760. The molecule has 8 heteroatoms. The smallest absolute Gasteiger partial charge is 0.269 e.